The molecule has 0 unspecified atom stereocenters. The Bertz CT molecular complexity index is 1290. The summed E-state index contributed by atoms with van der Waals surface area (Å²) < 4.78 is 7.04. The van der Waals surface area contributed by atoms with Gasteiger partial charge >= 0.3 is 5.97 Å². The highest BCUT2D eigenvalue weighted by Gasteiger charge is 2.17. The van der Waals surface area contributed by atoms with Gasteiger partial charge in [0.2, 0.25) is 5.95 Å². The summed E-state index contributed by atoms with van der Waals surface area (Å²) >= 11 is 0. The maximum atomic E-state index is 12.5. The van der Waals surface area contributed by atoms with Crippen LogP contribution in [-0.2, 0) is 4.74 Å². The molecule has 174 valence electrons. The molecule has 0 aliphatic carbocycles. The molecule has 0 bridgehead atoms. The number of rotatable bonds is 6. The molecule has 1 N–H and O–H groups in total. The second kappa shape index (κ2) is 9.52. The number of nitrogens with zero attached hydrogens (tertiary/aromatic N) is 5. The van der Waals surface area contributed by atoms with E-state index in [1.165, 1.54) is 5.69 Å². The first kappa shape index (κ1) is 21.9. The fourth-order valence-corrected chi connectivity index (χ4v) is 4.21. The lowest BCUT2D eigenvalue weighted by Gasteiger charge is -2.34. The molecule has 0 saturated carbocycles. The van der Waals surface area contributed by atoms with Gasteiger partial charge in [0.05, 0.1) is 29.6 Å². The summed E-state index contributed by atoms with van der Waals surface area (Å²) in [6.07, 6.45) is 1.77. The quantitative estimate of drug-likeness (QED) is 0.439. The summed E-state index contributed by atoms with van der Waals surface area (Å²) in [6, 6.07) is 19.6. The third kappa shape index (κ3) is 4.45. The fourth-order valence-electron chi connectivity index (χ4n) is 4.21. The maximum absolute atomic E-state index is 12.5. The van der Waals surface area contributed by atoms with Crippen molar-refractivity contribution in [2.24, 2.45) is 0 Å². The van der Waals surface area contributed by atoms with Crippen molar-refractivity contribution in [1.29, 1.82) is 0 Å². The highest BCUT2D eigenvalue weighted by Crippen LogP contribution is 2.27. The molecule has 2 aromatic heterocycles. The molecule has 0 atom stereocenters. The van der Waals surface area contributed by atoms with E-state index in [4.69, 9.17) is 9.84 Å². The highest BCUT2D eigenvalue weighted by atomic mass is 16.5. The number of anilines is 3. The van der Waals surface area contributed by atoms with Gasteiger partial charge < -0.3 is 19.9 Å². The summed E-state index contributed by atoms with van der Waals surface area (Å²) in [5, 5.41) is 8.00. The minimum atomic E-state index is -0.346. The molecular formula is C26H28N6O2. The number of esters is 1. The Labute approximate surface area is 198 Å². The summed E-state index contributed by atoms with van der Waals surface area (Å²) in [4.78, 5) is 21.7. The first-order valence-electron chi connectivity index (χ1n) is 11.5. The van der Waals surface area contributed by atoms with Gasteiger partial charge in [0.15, 0.2) is 0 Å². The van der Waals surface area contributed by atoms with Gasteiger partial charge in [-0.2, -0.15) is 0 Å². The van der Waals surface area contributed by atoms with E-state index in [0.717, 1.165) is 48.6 Å². The topological polar surface area (TPSA) is 75.0 Å². The number of nitrogens with one attached hydrogen (secondary N) is 1. The Hall–Kier alpha value is -3.91. The number of benzene rings is 2. The van der Waals surface area contributed by atoms with E-state index in [9.17, 15) is 4.79 Å². The number of likely N-dealkylation sites (N-methyl/N-ethyl adjacent to an activating group) is 1. The monoisotopic (exact) mass is 456 g/mol. The van der Waals surface area contributed by atoms with Crippen LogP contribution in [0.5, 0.6) is 0 Å². The average molecular weight is 457 g/mol. The zero-order valence-electron chi connectivity index (χ0n) is 19.4. The minimum absolute atomic E-state index is 0.325. The third-order valence-corrected chi connectivity index (χ3v) is 6.09. The van der Waals surface area contributed by atoms with E-state index in [1.54, 1.807) is 23.7 Å². The number of ether oxygens (including phenoxy) is 1. The molecule has 5 rings (SSSR count). The number of hydrogen-bond acceptors (Lipinski definition) is 7. The Balaban J connectivity index is 1.40. The second-order valence-corrected chi connectivity index (χ2v) is 8.37. The van der Waals surface area contributed by atoms with Crippen molar-refractivity contribution in [2.45, 2.75) is 6.92 Å². The van der Waals surface area contributed by atoms with Crippen LogP contribution in [0, 0.1) is 0 Å². The zero-order valence-corrected chi connectivity index (χ0v) is 19.4. The summed E-state index contributed by atoms with van der Waals surface area (Å²) in [5.41, 5.74) is 5.05. The molecule has 34 heavy (non-hydrogen) atoms. The van der Waals surface area contributed by atoms with Crippen molar-refractivity contribution in [3.05, 3.63) is 72.4 Å². The second-order valence-electron chi connectivity index (χ2n) is 8.37. The summed E-state index contributed by atoms with van der Waals surface area (Å²) in [5.74, 6) is 0.131. The molecular weight excluding hydrogens is 428 g/mol. The molecule has 0 spiro atoms. The van der Waals surface area contributed by atoms with Gasteiger partial charge in [-0.1, -0.05) is 18.2 Å². The van der Waals surface area contributed by atoms with Gasteiger partial charge in [0.25, 0.3) is 0 Å². The SMILES string of the molecule is CCOC(=O)c1ccccc1-c1ccc2cnc(Nc3ccc(N4CCN(C)CC4)cc3)nn12. The molecule has 4 aromatic rings. The molecule has 1 aliphatic rings. The van der Waals surface area contributed by atoms with Crippen molar-refractivity contribution in [1.82, 2.24) is 19.5 Å². The van der Waals surface area contributed by atoms with Crippen molar-refractivity contribution >= 4 is 28.8 Å². The molecule has 0 amide bonds. The normalized spacial score (nSPS) is 14.4. The number of carbonyl (C=O) groups excluding carboxylic acids is 1. The molecule has 1 fully saturated rings. The Kier molecular flexibility index (Phi) is 6.14. The molecule has 8 nitrogen and oxygen atoms in total. The van der Waals surface area contributed by atoms with Crippen LogP contribution in [-0.4, -0.2) is 65.3 Å². The number of piperazine rings is 1. The van der Waals surface area contributed by atoms with Gasteiger partial charge in [-0.15, -0.1) is 5.10 Å². The number of fused-ring (bicyclic) bond motifs is 1. The smallest absolute Gasteiger partial charge is 0.338 e. The van der Waals surface area contributed by atoms with Crippen LogP contribution < -0.4 is 10.2 Å². The van der Waals surface area contributed by atoms with Gasteiger partial charge in [-0.25, -0.2) is 14.3 Å². The van der Waals surface area contributed by atoms with Crippen LogP contribution in [0.2, 0.25) is 0 Å². The number of hydrogen-bond donors (Lipinski definition) is 1. The van der Waals surface area contributed by atoms with Gasteiger partial charge in [-0.3, -0.25) is 0 Å². The molecule has 8 heteroatoms. The van der Waals surface area contributed by atoms with E-state index < -0.39 is 0 Å². The van der Waals surface area contributed by atoms with E-state index in [2.05, 4.69) is 39.3 Å². The van der Waals surface area contributed by atoms with Gasteiger partial charge in [-0.05, 0) is 56.4 Å². The van der Waals surface area contributed by atoms with Crippen molar-refractivity contribution in [3.8, 4) is 11.3 Å². The summed E-state index contributed by atoms with van der Waals surface area (Å²) in [6.45, 7) is 6.35. The van der Waals surface area contributed by atoms with Crippen LogP contribution in [0.1, 0.15) is 17.3 Å². The lowest BCUT2D eigenvalue weighted by molar-refractivity contribution is 0.0527. The lowest BCUT2D eigenvalue weighted by atomic mass is 10.1. The zero-order chi connectivity index (χ0) is 23.5. The van der Waals surface area contributed by atoms with Crippen LogP contribution in [0.25, 0.3) is 16.8 Å². The molecule has 1 saturated heterocycles. The van der Waals surface area contributed by atoms with E-state index in [0.29, 0.717) is 18.1 Å². The third-order valence-electron chi connectivity index (χ3n) is 6.09. The minimum Gasteiger partial charge on any atom is -0.462 e. The highest BCUT2D eigenvalue weighted by molar-refractivity contribution is 5.97. The van der Waals surface area contributed by atoms with Crippen LogP contribution in [0.15, 0.2) is 66.9 Å². The summed E-state index contributed by atoms with van der Waals surface area (Å²) in [7, 11) is 2.16. The van der Waals surface area contributed by atoms with Gasteiger partial charge in [0, 0.05) is 43.1 Å². The van der Waals surface area contributed by atoms with Gasteiger partial charge in [0.1, 0.15) is 0 Å². The van der Waals surface area contributed by atoms with Crippen LogP contribution in [0.3, 0.4) is 0 Å². The van der Waals surface area contributed by atoms with E-state index in [1.807, 2.05) is 42.5 Å². The Morgan fingerprint density at radius 3 is 2.53 bits per heavy atom. The van der Waals surface area contributed by atoms with E-state index in [-0.39, 0.29) is 5.97 Å². The standard InChI is InChI=1S/C26H28N6O2/c1-3-34-25(33)23-7-5-4-6-22(23)24-13-12-21-18-27-26(29-32(21)24)28-19-8-10-20(11-9-19)31-16-14-30(2)15-17-31/h4-13,18H,3,14-17H2,1-2H3,(H,28,29). The molecule has 0 radical (unpaired) electrons. The van der Waals surface area contributed by atoms with Crippen molar-refractivity contribution in [3.63, 3.8) is 0 Å². The largest absolute Gasteiger partial charge is 0.462 e. The van der Waals surface area contributed by atoms with Crippen molar-refractivity contribution in [2.75, 3.05) is 50.1 Å². The van der Waals surface area contributed by atoms with Crippen molar-refractivity contribution < 1.29 is 9.53 Å². The van der Waals surface area contributed by atoms with Crippen LogP contribution >= 0.6 is 0 Å². The predicted molar refractivity (Wildman–Crippen MR) is 134 cm³/mol. The maximum Gasteiger partial charge on any atom is 0.338 e. The molecule has 3 heterocycles. The molecule has 1 aliphatic heterocycles. The lowest BCUT2D eigenvalue weighted by Crippen LogP contribution is -2.44. The Morgan fingerprint density at radius 2 is 1.76 bits per heavy atom. The first-order valence-corrected chi connectivity index (χ1v) is 11.5. The van der Waals surface area contributed by atoms with Crippen LogP contribution in [0.4, 0.5) is 17.3 Å². The Morgan fingerprint density at radius 1 is 1.00 bits per heavy atom. The van der Waals surface area contributed by atoms with E-state index >= 15 is 0 Å². The average Bonchev–Trinajstić information content (AvgIpc) is 3.28. The molecule has 2 aromatic carbocycles. The number of aromatic nitrogens is 3. The number of carbonyl (C=O) groups is 1. The predicted octanol–water partition coefficient (Wildman–Crippen LogP) is 4.07. The first-order chi connectivity index (χ1) is 16.6. The fraction of sp³-hybridized carbons (Fsp3) is 0.269.